The molecule has 0 unspecified atom stereocenters. The third-order valence-electron chi connectivity index (χ3n) is 8.54. The number of hydrogen-bond donors (Lipinski definition) is 3. The molecule has 11 nitrogen and oxygen atoms in total. The Morgan fingerprint density at radius 1 is 1.07 bits per heavy atom. The molecule has 18 heteroatoms. The standard InChI is InChI=1S/C36H37F2N6O3S.C2HF3O2.BrH/c1-6-40-25(5)35(45)47-33-22(2)13-27(14-23(33)3)17-43-20-41-44(21-43)19-36(46,30-12-11-29(37)15-31(30)38)24(4)34-42-32(18-48-34)28-9-7-26(16-39)8-10-28;3-2(4,5)1(6)7;/h7-15,18,20-21,24-25,40,46H,6,17,19H2,1-5H3;(H,6,7);1H/q+1;;/p-1/t24-,25-,36+;;/m0../s1. The van der Waals surface area contributed by atoms with E-state index in [4.69, 9.17) is 24.9 Å². The number of aromatic nitrogens is 4. The Hall–Kier alpha value is -5.09. The summed E-state index contributed by atoms with van der Waals surface area (Å²) >= 11 is 1.32. The normalized spacial score (nSPS) is 13.2. The van der Waals surface area contributed by atoms with Gasteiger partial charge in [0.05, 0.1) is 28.9 Å². The van der Waals surface area contributed by atoms with E-state index in [9.17, 15) is 27.5 Å². The Balaban J connectivity index is 0.000000960. The molecule has 0 saturated carbocycles. The zero-order valence-corrected chi connectivity index (χ0v) is 33.1. The summed E-state index contributed by atoms with van der Waals surface area (Å²) < 4.78 is 70.0. The van der Waals surface area contributed by atoms with E-state index in [1.807, 2.05) is 42.9 Å². The lowest BCUT2D eigenvalue weighted by Gasteiger charge is -2.32. The van der Waals surface area contributed by atoms with Crippen LogP contribution < -0.4 is 31.6 Å². The molecule has 3 N–H and O–H groups in total. The highest BCUT2D eigenvalue weighted by Gasteiger charge is 2.43. The molecular weight excluding hydrogens is 827 g/mol. The van der Waals surface area contributed by atoms with Crippen LogP contribution in [0.25, 0.3) is 11.3 Å². The highest BCUT2D eigenvalue weighted by atomic mass is 79.9. The van der Waals surface area contributed by atoms with Crippen LogP contribution in [0.1, 0.15) is 59.5 Å². The Morgan fingerprint density at radius 2 is 1.70 bits per heavy atom. The van der Waals surface area contributed by atoms with Crippen LogP contribution in [0.15, 0.2) is 72.6 Å². The van der Waals surface area contributed by atoms with Crippen LogP contribution in [0, 0.1) is 36.8 Å². The van der Waals surface area contributed by atoms with Gasteiger partial charge < -0.3 is 37.2 Å². The monoisotopic (exact) mass is 864 g/mol. The number of alkyl halides is 3. The first-order chi connectivity index (χ1) is 25.9. The average molecular weight is 866 g/mol. The number of rotatable bonds is 12. The van der Waals surface area contributed by atoms with Crippen molar-refractivity contribution in [3.05, 3.63) is 117 Å². The number of nitrogens with one attached hydrogen (secondary N) is 1. The van der Waals surface area contributed by atoms with Crippen LogP contribution in [0.3, 0.4) is 0 Å². The first-order valence-corrected chi connectivity index (χ1v) is 17.6. The van der Waals surface area contributed by atoms with Crippen LogP contribution >= 0.6 is 11.3 Å². The van der Waals surface area contributed by atoms with E-state index in [0.29, 0.717) is 35.1 Å². The molecule has 0 saturated heterocycles. The second-order valence-electron chi connectivity index (χ2n) is 12.7. The minimum absolute atomic E-state index is 0. The summed E-state index contributed by atoms with van der Waals surface area (Å²) in [6.45, 7) is 10.1. The van der Waals surface area contributed by atoms with Crippen molar-refractivity contribution >= 4 is 23.3 Å². The number of thiazole rings is 1. The molecule has 3 atom stereocenters. The molecule has 298 valence electrons. The number of halogens is 6. The first-order valence-electron chi connectivity index (χ1n) is 16.8. The number of carboxylic acids is 1. The fourth-order valence-corrected chi connectivity index (χ4v) is 6.66. The Kier molecular flexibility index (Phi) is 15.5. The van der Waals surface area contributed by atoms with Crippen LogP contribution in [0.2, 0.25) is 0 Å². The predicted molar refractivity (Wildman–Crippen MR) is 191 cm³/mol. The van der Waals surface area contributed by atoms with E-state index in [2.05, 4.69) is 16.5 Å². The highest BCUT2D eigenvalue weighted by Crippen LogP contribution is 2.41. The molecule has 5 aromatic rings. The number of ether oxygens (including phenoxy) is 1. The Labute approximate surface area is 333 Å². The maximum Gasteiger partial charge on any atom is 0.490 e. The SMILES string of the molecule is CCN[C@@H](C)C(=O)Oc1c(C)cc(C[n+]2cnn(C[C@](O)(c3ccc(F)cc3F)[C@@H](C)c3nc(-c4ccc(C#N)cc4)cs3)c2)cc1C.O=C(O)C(F)(F)F.[Br-]. The molecule has 0 radical (unpaired) electrons. The van der Waals surface area contributed by atoms with Gasteiger partial charge in [-0.1, -0.05) is 32.0 Å². The number of nitrogens with zero attached hydrogens (tertiary/aromatic N) is 5. The van der Waals surface area contributed by atoms with E-state index >= 15 is 4.39 Å². The molecular formula is C38H38BrF5N6O5S. The molecule has 5 rings (SSSR count). The Bertz CT molecular complexity index is 2170. The molecule has 0 aliphatic carbocycles. The lowest BCUT2D eigenvalue weighted by atomic mass is 9.82. The molecule has 0 aliphatic rings. The second-order valence-corrected chi connectivity index (χ2v) is 13.6. The van der Waals surface area contributed by atoms with Gasteiger partial charge in [0.2, 0.25) is 6.33 Å². The lowest BCUT2D eigenvalue weighted by Crippen LogP contribution is -3.00. The van der Waals surface area contributed by atoms with Crippen molar-refractivity contribution in [2.45, 2.75) is 71.4 Å². The van der Waals surface area contributed by atoms with Gasteiger partial charge in [-0.15, -0.1) is 16.0 Å². The molecule has 56 heavy (non-hydrogen) atoms. The Morgan fingerprint density at radius 3 is 2.25 bits per heavy atom. The number of esters is 1. The van der Waals surface area contributed by atoms with Crippen molar-refractivity contribution in [2.75, 3.05) is 6.54 Å². The summed E-state index contributed by atoms with van der Waals surface area (Å²) in [6, 6.07) is 15.7. The molecule has 0 aliphatic heterocycles. The van der Waals surface area contributed by atoms with Crippen LogP contribution in [0.4, 0.5) is 22.0 Å². The van der Waals surface area contributed by atoms with Gasteiger partial charge in [0, 0.05) is 33.6 Å². The number of carboxylic acid groups (broad SMARTS) is 1. The van der Waals surface area contributed by atoms with Crippen molar-refractivity contribution in [1.82, 2.24) is 20.1 Å². The minimum atomic E-state index is -5.08. The van der Waals surface area contributed by atoms with Crippen molar-refractivity contribution in [1.29, 1.82) is 5.26 Å². The zero-order chi connectivity index (χ0) is 40.7. The predicted octanol–water partition coefficient (Wildman–Crippen LogP) is 3.34. The number of aryl methyl sites for hydroxylation is 2. The number of carbonyl (C=O) groups is 2. The largest absolute Gasteiger partial charge is 1.00 e. The number of carbonyl (C=O) groups excluding carboxylic acids is 1. The lowest BCUT2D eigenvalue weighted by molar-refractivity contribution is -0.689. The fraction of sp³-hybridized carbons (Fsp3) is 0.316. The quantitative estimate of drug-likeness (QED) is 0.0743. The number of hydrogen-bond acceptors (Lipinski definition) is 9. The molecule has 0 bridgehead atoms. The second kappa shape index (κ2) is 19.2. The number of aliphatic hydroxyl groups is 1. The number of aliphatic carboxylic acids is 1. The average Bonchev–Trinajstić information content (AvgIpc) is 3.79. The van der Waals surface area contributed by atoms with Gasteiger partial charge >= 0.3 is 18.1 Å². The number of likely N-dealkylation sites (N-methyl/N-ethyl adjacent to an activating group) is 1. The molecule has 0 spiro atoms. The summed E-state index contributed by atoms with van der Waals surface area (Å²) in [5.74, 6) is -4.93. The van der Waals surface area contributed by atoms with Gasteiger partial charge in [0.1, 0.15) is 35.6 Å². The summed E-state index contributed by atoms with van der Waals surface area (Å²) in [7, 11) is 0. The van der Waals surface area contributed by atoms with Crippen LogP contribution in [0.5, 0.6) is 5.75 Å². The van der Waals surface area contributed by atoms with Crippen LogP contribution in [-0.4, -0.2) is 55.7 Å². The zero-order valence-electron chi connectivity index (χ0n) is 30.7. The molecule has 2 aromatic heterocycles. The van der Waals surface area contributed by atoms with Gasteiger partial charge in [0.25, 0.3) is 6.33 Å². The van der Waals surface area contributed by atoms with E-state index in [-0.39, 0.29) is 35.1 Å². The third kappa shape index (κ3) is 11.2. The maximum absolute atomic E-state index is 15.3. The summed E-state index contributed by atoms with van der Waals surface area (Å²) in [4.78, 5) is 26.1. The van der Waals surface area contributed by atoms with E-state index in [1.165, 1.54) is 22.1 Å². The van der Waals surface area contributed by atoms with Crippen molar-refractivity contribution in [3.63, 3.8) is 0 Å². The van der Waals surface area contributed by atoms with E-state index in [1.54, 1.807) is 50.8 Å². The number of nitriles is 1. The summed E-state index contributed by atoms with van der Waals surface area (Å²) in [6.07, 6.45) is -1.77. The smallest absolute Gasteiger partial charge is 0.490 e. The first kappa shape index (κ1) is 45.3. The number of benzene rings is 3. The molecule has 2 heterocycles. The van der Waals surface area contributed by atoms with E-state index < -0.39 is 41.3 Å². The topological polar surface area (TPSA) is 154 Å². The maximum atomic E-state index is 15.3. The fourth-order valence-electron chi connectivity index (χ4n) is 5.69. The van der Waals surface area contributed by atoms with Crippen molar-refractivity contribution in [3.8, 4) is 23.1 Å². The van der Waals surface area contributed by atoms with E-state index in [0.717, 1.165) is 34.4 Å². The third-order valence-corrected chi connectivity index (χ3v) is 9.57. The van der Waals surface area contributed by atoms with Gasteiger partial charge in [0.15, 0.2) is 0 Å². The highest BCUT2D eigenvalue weighted by molar-refractivity contribution is 7.10. The van der Waals surface area contributed by atoms with Gasteiger partial charge in [-0.3, -0.25) is 0 Å². The van der Waals surface area contributed by atoms with Crippen molar-refractivity contribution in [2.24, 2.45) is 0 Å². The van der Waals surface area contributed by atoms with Crippen molar-refractivity contribution < 1.29 is 68.0 Å². The molecule has 3 aromatic carbocycles. The molecule has 0 amide bonds. The molecule has 0 fully saturated rings. The van der Waals surface area contributed by atoms with Crippen LogP contribution in [-0.2, 0) is 28.3 Å². The summed E-state index contributed by atoms with van der Waals surface area (Å²) in [5.41, 5.74) is 2.62. The van der Waals surface area contributed by atoms with Gasteiger partial charge in [-0.25, -0.2) is 27.9 Å². The van der Waals surface area contributed by atoms with Gasteiger partial charge in [-0.05, 0) is 74.3 Å². The van der Waals surface area contributed by atoms with Gasteiger partial charge in [-0.2, -0.15) is 18.4 Å². The minimum Gasteiger partial charge on any atom is -1.00 e. The summed E-state index contributed by atoms with van der Waals surface area (Å²) in [5, 5.41) is 38.4.